The van der Waals surface area contributed by atoms with Crippen LogP contribution in [0.2, 0.25) is 0 Å². The first-order chi connectivity index (χ1) is 15.6. The molecule has 1 aliphatic heterocycles. The lowest BCUT2D eigenvalue weighted by Gasteiger charge is -2.37. The Morgan fingerprint density at radius 2 is 1.34 bits per heavy atom. The van der Waals surface area contributed by atoms with Gasteiger partial charge in [-0.3, -0.25) is 0 Å². The van der Waals surface area contributed by atoms with Crippen LogP contribution in [0.25, 0.3) is 11.1 Å². The van der Waals surface area contributed by atoms with Crippen molar-refractivity contribution >= 4 is 0 Å². The molecule has 0 aromatic heterocycles. The topological polar surface area (TPSA) is 18.5 Å². The molecule has 0 radical (unpaired) electrons. The minimum Gasteiger partial charge on any atom is -0.346 e. The van der Waals surface area contributed by atoms with E-state index in [4.69, 9.17) is 9.47 Å². The summed E-state index contributed by atoms with van der Waals surface area (Å²) in [5.41, 5.74) is 5.17. The molecular formula is C30H42O2. The number of hydrogen-bond acceptors (Lipinski definition) is 2. The molecule has 2 nitrogen and oxygen atoms in total. The van der Waals surface area contributed by atoms with Gasteiger partial charge in [0.05, 0.1) is 13.2 Å². The molecule has 32 heavy (non-hydrogen) atoms. The maximum atomic E-state index is 6.10. The zero-order valence-electron chi connectivity index (χ0n) is 20.4. The van der Waals surface area contributed by atoms with Gasteiger partial charge in [-0.25, -0.2) is 0 Å². The Bertz CT molecular complexity index is 807. The summed E-state index contributed by atoms with van der Waals surface area (Å²) in [6, 6.07) is 18.1. The lowest BCUT2D eigenvalue weighted by molar-refractivity contribution is -0.282. The molecule has 0 atom stereocenters. The Balaban J connectivity index is 1.33. The monoisotopic (exact) mass is 434 g/mol. The Morgan fingerprint density at radius 3 is 1.91 bits per heavy atom. The molecule has 4 rings (SSSR count). The normalized spacial score (nSPS) is 28.5. The van der Waals surface area contributed by atoms with Crippen LogP contribution in [-0.4, -0.2) is 13.2 Å². The highest BCUT2D eigenvalue weighted by atomic mass is 16.7. The van der Waals surface area contributed by atoms with Gasteiger partial charge < -0.3 is 9.47 Å². The largest absolute Gasteiger partial charge is 0.346 e. The second kappa shape index (κ2) is 11.0. The summed E-state index contributed by atoms with van der Waals surface area (Å²) in [7, 11) is 0. The molecule has 2 aromatic carbocycles. The van der Waals surface area contributed by atoms with Gasteiger partial charge in [-0.2, -0.15) is 0 Å². The van der Waals surface area contributed by atoms with E-state index in [1.165, 1.54) is 68.1 Å². The fourth-order valence-corrected chi connectivity index (χ4v) is 5.43. The molecule has 0 spiro atoms. The van der Waals surface area contributed by atoms with Gasteiger partial charge in [0.15, 0.2) is 5.79 Å². The third-order valence-corrected chi connectivity index (χ3v) is 7.95. The predicted molar refractivity (Wildman–Crippen MR) is 134 cm³/mol. The molecule has 1 saturated heterocycles. The van der Waals surface area contributed by atoms with E-state index in [-0.39, 0.29) is 0 Å². The first-order valence-electron chi connectivity index (χ1n) is 13.1. The summed E-state index contributed by atoms with van der Waals surface area (Å²) in [6.07, 6.45) is 12.3. The quantitative estimate of drug-likeness (QED) is 0.388. The smallest absolute Gasteiger partial charge is 0.191 e. The van der Waals surface area contributed by atoms with E-state index in [0.29, 0.717) is 5.92 Å². The summed E-state index contributed by atoms with van der Waals surface area (Å²) in [5.74, 6) is 1.62. The van der Waals surface area contributed by atoms with Gasteiger partial charge >= 0.3 is 0 Å². The first-order valence-corrected chi connectivity index (χ1v) is 13.1. The number of hydrogen-bond donors (Lipinski definition) is 0. The third-order valence-electron chi connectivity index (χ3n) is 7.95. The van der Waals surface area contributed by atoms with Crippen molar-refractivity contribution in [1.82, 2.24) is 0 Å². The van der Waals surface area contributed by atoms with Crippen molar-refractivity contribution in [2.75, 3.05) is 13.2 Å². The van der Waals surface area contributed by atoms with Crippen LogP contribution in [0.5, 0.6) is 0 Å². The summed E-state index contributed by atoms with van der Waals surface area (Å²) >= 11 is 0. The van der Waals surface area contributed by atoms with E-state index in [9.17, 15) is 0 Å². The molecule has 0 bridgehead atoms. The Hall–Kier alpha value is -1.64. The average Bonchev–Trinajstić information content (AvgIpc) is 2.85. The van der Waals surface area contributed by atoms with Gasteiger partial charge in [0.1, 0.15) is 0 Å². The minimum atomic E-state index is -0.622. The van der Waals surface area contributed by atoms with Crippen LogP contribution < -0.4 is 0 Å². The van der Waals surface area contributed by atoms with Crippen molar-refractivity contribution in [1.29, 1.82) is 0 Å². The second-order valence-electron chi connectivity index (χ2n) is 10.3. The highest BCUT2D eigenvalue weighted by Crippen LogP contribution is 2.38. The van der Waals surface area contributed by atoms with E-state index in [2.05, 4.69) is 62.4 Å². The molecular weight excluding hydrogens is 392 g/mol. The third kappa shape index (κ3) is 5.64. The fraction of sp³-hybridized carbons (Fsp3) is 0.600. The highest BCUT2D eigenvalue weighted by Gasteiger charge is 2.34. The van der Waals surface area contributed by atoms with E-state index in [1.807, 2.05) is 6.92 Å². The molecule has 2 aromatic rings. The molecule has 1 saturated carbocycles. The predicted octanol–water partition coefficient (Wildman–Crippen LogP) is 8.45. The SMILES string of the molecule is CCCCC[C@H]1CC[C@H](c2ccc(-c3ccc([C@]4(C)OC[C@@H](CC)CO4)cc3)cc2)CC1. The van der Waals surface area contributed by atoms with Crippen molar-refractivity contribution in [2.24, 2.45) is 11.8 Å². The maximum Gasteiger partial charge on any atom is 0.191 e. The van der Waals surface area contributed by atoms with Crippen molar-refractivity contribution in [3.05, 3.63) is 59.7 Å². The zero-order chi connectivity index (χ0) is 22.4. The minimum absolute atomic E-state index is 0.511. The summed E-state index contributed by atoms with van der Waals surface area (Å²) < 4.78 is 12.2. The fourth-order valence-electron chi connectivity index (χ4n) is 5.43. The maximum absolute atomic E-state index is 6.10. The van der Waals surface area contributed by atoms with Crippen molar-refractivity contribution < 1.29 is 9.47 Å². The molecule has 2 aliphatic rings. The van der Waals surface area contributed by atoms with E-state index < -0.39 is 5.79 Å². The molecule has 0 unspecified atom stereocenters. The lowest BCUT2D eigenvalue weighted by Crippen LogP contribution is -2.39. The molecule has 0 N–H and O–H groups in total. The van der Waals surface area contributed by atoms with Gasteiger partial charge in [-0.1, -0.05) is 88.1 Å². The number of unbranched alkanes of at least 4 members (excludes halogenated alkanes) is 2. The number of ether oxygens (including phenoxy) is 2. The Labute approximate surface area is 195 Å². The molecule has 174 valence electrons. The zero-order valence-corrected chi connectivity index (χ0v) is 20.4. The number of rotatable bonds is 8. The van der Waals surface area contributed by atoms with Crippen LogP contribution in [0, 0.1) is 11.8 Å². The first kappa shape index (κ1) is 23.5. The second-order valence-corrected chi connectivity index (χ2v) is 10.3. The van der Waals surface area contributed by atoms with E-state index in [0.717, 1.165) is 37.0 Å². The van der Waals surface area contributed by atoms with Crippen molar-refractivity contribution in [3.63, 3.8) is 0 Å². The molecule has 1 aliphatic carbocycles. The van der Waals surface area contributed by atoms with Crippen LogP contribution in [0.1, 0.15) is 95.6 Å². The van der Waals surface area contributed by atoms with Crippen LogP contribution in [-0.2, 0) is 15.3 Å². The summed E-state index contributed by atoms with van der Waals surface area (Å²) in [4.78, 5) is 0. The Kier molecular flexibility index (Phi) is 8.07. The summed E-state index contributed by atoms with van der Waals surface area (Å²) in [5, 5.41) is 0. The van der Waals surface area contributed by atoms with Gasteiger partial charge in [-0.05, 0) is 67.6 Å². The standard InChI is InChI=1S/C30H42O2/c1-4-6-7-8-24-9-11-25(12-10-24)26-13-15-27(16-14-26)28-17-19-29(20-18-28)30(3)31-21-23(5-2)22-32-30/h13-20,23-25H,4-12,21-22H2,1-3H3/t23-,24-,25-,30-. The van der Waals surface area contributed by atoms with Crippen LogP contribution in [0.15, 0.2) is 48.5 Å². The Morgan fingerprint density at radius 1 is 0.750 bits per heavy atom. The van der Waals surface area contributed by atoms with E-state index >= 15 is 0 Å². The lowest BCUT2D eigenvalue weighted by atomic mass is 9.77. The van der Waals surface area contributed by atoms with Gasteiger partial charge in [0.25, 0.3) is 0 Å². The van der Waals surface area contributed by atoms with Crippen LogP contribution >= 0.6 is 0 Å². The van der Waals surface area contributed by atoms with Gasteiger partial charge in [0.2, 0.25) is 0 Å². The number of benzene rings is 2. The molecule has 2 heteroatoms. The van der Waals surface area contributed by atoms with Crippen LogP contribution in [0.3, 0.4) is 0 Å². The molecule has 2 fully saturated rings. The van der Waals surface area contributed by atoms with Crippen LogP contribution in [0.4, 0.5) is 0 Å². The van der Waals surface area contributed by atoms with Crippen molar-refractivity contribution in [2.45, 2.75) is 90.3 Å². The molecule has 1 heterocycles. The highest BCUT2D eigenvalue weighted by molar-refractivity contribution is 5.64. The van der Waals surface area contributed by atoms with E-state index in [1.54, 1.807) is 0 Å². The van der Waals surface area contributed by atoms with Gasteiger partial charge in [-0.15, -0.1) is 0 Å². The van der Waals surface area contributed by atoms with Crippen molar-refractivity contribution in [3.8, 4) is 11.1 Å². The summed E-state index contributed by atoms with van der Waals surface area (Å²) in [6.45, 7) is 8.09. The average molecular weight is 435 g/mol. The van der Waals surface area contributed by atoms with Gasteiger partial charge in [0, 0.05) is 11.5 Å². The molecule has 0 amide bonds.